The van der Waals surface area contributed by atoms with Gasteiger partial charge in [-0.05, 0) is 54.1 Å². The van der Waals surface area contributed by atoms with Gasteiger partial charge in [0.2, 0.25) is 5.95 Å². The summed E-state index contributed by atoms with van der Waals surface area (Å²) in [6.45, 7) is 1.41. The Balaban J connectivity index is 1.36. The van der Waals surface area contributed by atoms with Crippen molar-refractivity contribution in [2.75, 3.05) is 11.4 Å². The molecule has 9 heteroatoms. The van der Waals surface area contributed by atoms with Crippen LogP contribution in [0.2, 0.25) is 5.02 Å². The quantitative estimate of drug-likeness (QED) is 0.355. The second kappa shape index (κ2) is 8.73. The number of fused-ring (bicyclic) bond motifs is 3. The molecule has 0 saturated heterocycles. The van der Waals surface area contributed by atoms with Gasteiger partial charge in [-0.15, -0.1) is 0 Å². The first kappa shape index (κ1) is 22.2. The standard InChI is InChI=1S/C27H22ClN5O3/c1-30-24-23(25(34)33(27(30)35)17-18-7-9-19(28)10-8-18)32-16-15-31(26(32)29-24)20-11-13-22(14-12-20)36-21-5-3-2-4-6-21/h2-14H,15-17H2,1H3. The van der Waals surface area contributed by atoms with Crippen molar-refractivity contribution in [3.05, 3.63) is 110 Å². The van der Waals surface area contributed by atoms with Gasteiger partial charge in [-0.1, -0.05) is 41.9 Å². The Bertz CT molecular complexity index is 1690. The summed E-state index contributed by atoms with van der Waals surface area (Å²) in [6.07, 6.45) is 0. The van der Waals surface area contributed by atoms with Crippen LogP contribution in [0, 0.1) is 0 Å². The zero-order valence-electron chi connectivity index (χ0n) is 19.5. The molecule has 5 aromatic rings. The minimum Gasteiger partial charge on any atom is -0.457 e. The molecule has 6 rings (SSSR count). The van der Waals surface area contributed by atoms with Crippen LogP contribution < -0.4 is 20.9 Å². The van der Waals surface area contributed by atoms with Crippen molar-refractivity contribution < 1.29 is 4.74 Å². The van der Waals surface area contributed by atoms with Gasteiger partial charge in [0, 0.05) is 30.8 Å². The molecule has 1 aliphatic rings. The molecule has 2 aromatic heterocycles. The largest absolute Gasteiger partial charge is 0.457 e. The Morgan fingerprint density at radius 1 is 0.889 bits per heavy atom. The molecule has 3 heterocycles. The highest BCUT2D eigenvalue weighted by Gasteiger charge is 2.28. The van der Waals surface area contributed by atoms with Crippen molar-refractivity contribution >= 4 is 34.4 Å². The number of rotatable bonds is 5. The number of ether oxygens (including phenoxy) is 1. The highest BCUT2D eigenvalue weighted by molar-refractivity contribution is 6.30. The molecular formula is C27H22ClN5O3. The summed E-state index contributed by atoms with van der Waals surface area (Å²) in [5.41, 5.74) is 1.78. The van der Waals surface area contributed by atoms with Gasteiger partial charge in [0.05, 0.1) is 6.54 Å². The number of aromatic nitrogens is 4. The smallest absolute Gasteiger partial charge is 0.332 e. The second-order valence-electron chi connectivity index (χ2n) is 8.66. The normalized spacial score (nSPS) is 12.8. The highest BCUT2D eigenvalue weighted by Crippen LogP contribution is 2.33. The van der Waals surface area contributed by atoms with Crippen LogP contribution in [0.3, 0.4) is 0 Å². The van der Waals surface area contributed by atoms with Gasteiger partial charge in [0.1, 0.15) is 11.5 Å². The number of aryl methyl sites for hydroxylation is 1. The van der Waals surface area contributed by atoms with E-state index < -0.39 is 5.69 Å². The van der Waals surface area contributed by atoms with Gasteiger partial charge in [0.15, 0.2) is 11.2 Å². The third-order valence-corrected chi connectivity index (χ3v) is 6.63. The molecule has 0 unspecified atom stereocenters. The molecule has 0 amide bonds. The van der Waals surface area contributed by atoms with Gasteiger partial charge < -0.3 is 14.2 Å². The average molecular weight is 500 g/mol. The van der Waals surface area contributed by atoms with E-state index in [4.69, 9.17) is 21.3 Å². The lowest BCUT2D eigenvalue weighted by Crippen LogP contribution is -2.40. The van der Waals surface area contributed by atoms with E-state index in [1.807, 2.05) is 76.2 Å². The molecule has 0 atom stereocenters. The molecule has 0 saturated carbocycles. The number of nitrogens with zero attached hydrogens (tertiary/aromatic N) is 5. The fourth-order valence-electron chi connectivity index (χ4n) is 4.55. The van der Waals surface area contributed by atoms with E-state index in [0.29, 0.717) is 35.2 Å². The molecule has 180 valence electrons. The molecule has 0 aliphatic carbocycles. The SMILES string of the molecule is Cn1c(=O)n(Cc2ccc(Cl)cc2)c(=O)c2c1nc1n2CCN1c1ccc(Oc2ccccc2)cc1. The maximum atomic E-state index is 13.5. The number of hydrogen-bond acceptors (Lipinski definition) is 5. The summed E-state index contributed by atoms with van der Waals surface area (Å²) < 4.78 is 10.5. The molecule has 3 aromatic carbocycles. The first-order valence-electron chi connectivity index (χ1n) is 11.5. The minimum absolute atomic E-state index is 0.158. The van der Waals surface area contributed by atoms with Crippen LogP contribution in [0.25, 0.3) is 11.2 Å². The summed E-state index contributed by atoms with van der Waals surface area (Å²) in [5.74, 6) is 2.13. The van der Waals surface area contributed by atoms with Crippen LogP contribution in [0.4, 0.5) is 11.6 Å². The monoisotopic (exact) mass is 499 g/mol. The van der Waals surface area contributed by atoms with E-state index in [2.05, 4.69) is 0 Å². The Morgan fingerprint density at radius 3 is 2.31 bits per heavy atom. The van der Waals surface area contributed by atoms with E-state index in [-0.39, 0.29) is 12.1 Å². The van der Waals surface area contributed by atoms with Crippen molar-refractivity contribution in [2.24, 2.45) is 7.05 Å². The highest BCUT2D eigenvalue weighted by atomic mass is 35.5. The van der Waals surface area contributed by atoms with Crippen molar-refractivity contribution in [3.63, 3.8) is 0 Å². The first-order chi connectivity index (χ1) is 17.5. The Kier molecular flexibility index (Phi) is 5.38. The summed E-state index contributed by atoms with van der Waals surface area (Å²) in [5, 5.41) is 0.600. The fraction of sp³-hybridized carbons (Fsp3) is 0.148. The number of para-hydroxylation sites is 1. The van der Waals surface area contributed by atoms with Crippen LogP contribution in [-0.4, -0.2) is 25.2 Å². The van der Waals surface area contributed by atoms with E-state index in [1.165, 1.54) is 9.13 Å². The van der Waals surface area contributed by atoms with Crippen molar-refractivity contribution in [3.8, 4) is 11.5 Å². The molecule has 8 nitrogen and oxygen atoms in total. The van der Waals surface area contributed by atoms with E-state index in [0.717, 1.165) is 22.7 Å². The van der Waals surface area contributed by atoms with Crippen LogP contribution in [0.5, 0.6) is 11.5 Å². The second-order valence-corrected chi connectivity index (χ2v) is 9.09. The third-order valence-electron chi connectivity index (χ3n) is 6.38. The molecule has 0 bridgehead atoms. The van der Waals surface area contributed by atoms with Crippen LogP contribution in [0.15, 0.2) is 88.5 Å². The van der Waals surface area contributed by atoms with Crippen molar-refractivity contribution in [1.29, 1.82) is 0 Å². The lowest BCUT2D eigenvalue weighted by atomic mass is 10.2. The lowest BCUT2D eigenvalue weighted by molar-refractivity contribution is 0.482. The van der Waals surface area contributed by atoms with Crippen LogP contribution >= 0.6 is 11.6 Å². The van der Waals surface area contributed by atoms with Gasteiger partial charge >= 0.3 is 5.69 Å². The molecule has 0 fully saturated rings. The molecule has 36 heavy (non-hydrogen) atoms. The minimum atomic E-state index is -0.409. The number of anilines is 2. The summed E-state index contributed by atoms with van der Waals surface area (Å²) >= 11 is 5.98. The zero-order chi connectivity index (χ0) is 24.8. The van der Waals surface area contributed by atoms with Crippen molar-refractivity contribution in [2.45, 2.75) is 13.1 Å². The zero-order valence-corrected chi connectivity index (χ0v) is 20.2. The predicted octanol–water partition coefficient (Wildman–Crippen LogP) is 4.54. The Morgan fingerprint density at radius 2 is 1.58 bits per heavy atom. The molecular weight excluding hydrogens is 478 g/mol. The van der Waals surface area contributed by atoms with E-state index >= 15 is 0 Å². The summed E-state index contributed by atoms with van der Waals surface area (Å²) in [6, 6.07) is 24.5. The van der Waals surface area contributed by atoms with E-state index in [9.17, 15) is 9.59 Å². The number of hydrogen-bond donors (Lipinski definition) is 0. The van der Waals surface area contributed by atoms with Crippen LogP contribution in [0.1, 0.15) is 5.56 Å². The topological polar surface area (TPSA) is 74.3 Å². The molecule has 0 radical (unpaired) electrons. The predicted molar refractivity (Wildman–Crippen MR) is 140 cm³/mol. The lowest BCUT2D eigenvalue weighted by Gasteiger charge is -2.16. The van der Waals surface area contributed by atoms with Gasteiger partial charge in [0.25, 0.3) is 5.56 Å². The van der Waals surface area contributed by atoms with Gasteiger partial charge in [-0.2, -0.15) is 4.98 Å². The fourth-order valence-corrected chi connectivity index (χ4v) is 4.68. The summed E-state index contributed by atoms with van der Waals surface area (Å²) in [7, 11) is 1.64. The third kappa shape index (κ3) is 3.76. The molecule has 0 spiro atoms. The average Bonchev–Trinajstić information content (AvgIpc) is 3.47. The number of benzene rings is 3. The number of halogens is 1. The van der Waals surface area contributed by atoms with E-state index in [1.54, 1.807) is 19.2 Å². The molecule has 1 aliphatic heterocycles. The Labute approximate surface area is 211 Å². The summed E-state index contributed by atoms with van der Waals surface area (Å²) in [4.78, 5) is 33.3. The molecule has 0 N–H and O–H groups in total. The van der Waals surface area contributed by atoms with Crippen LogP contribution in [-0.2, 0) is 20.1 Å². The Hall–Kier alpha value is -4.30. The van der Waals surface area contributed by atoms with Gasteiger partial charge in [-0.25, -0.2) is 4.79 Å². The van der Waals surface area contributed by atoms with Crippen molar-refractivity contribution in [1.82, 2.24) is 18.7 Å². The number of imidazole rings is 1. The first-order valence-corrected chi connectivity index (χ1v) is 11.9. The maximum Gasteiger partial charge on any atom is 0.332 e. The maximum absolute atomic E-state index is 13.5. The van der Waals surface area contributed by atoms with Gasteiger partial charge in [-0.3, -0.25) is 13.9 Å².